The van der Waals surface area contributed by atoms with E-state index < -0.39 is 0 Å². The van der Waals surface area contributed by atoms with Gasteiger partial charge in [0.25, 0.3) is 0 Å². The maximum absolute atomic E-state index is 11.3. The van der Waals surface area contributed by atoms with Crippen LogP contribution in [0, 0.1) is 5.92 Å². The molecule has 1 aliphatic carbocycles. The highest BCUT2D eigenvalue weighted by Crippen LogP contribution is 2.31. The minimum atomic E-state index is -0.169. The van der Waals surface area contributed by atoms with Crippen molar-refractivity contribution in [2.24, 2.45) is 11.7 Å². The van der Waals surface area contributed by atoms with E-state index in [1.54, 1.807) is 7.05 Å². The van der Waals surface area contributed by atoms with Crippen molar-refractivity contribution in [3.05, 3.63) is 0 Å². The van der Waals surface area contributed by atoms with Crippen LogP contribution in [-0.2, 0) is 0 Å². The van der Waals surface area contributed by atoms with Gasteiger partial charge in [0, 0.05) is 13.6 Å². The van der Waals surface area contributed by atoms with E-state index in [0.717, 1.165) is 19.3 Å². The van der Waals surface area contributed by atoms with E-state index in [4.69, 9.17) is 5.73 Å². The number of amides is 2. The van der Waals surface area contributed by atoms with Crippen LogP contribution in [0.3, 0.4) is 0 Å². The zero-order valence-electron chi connectivity index (χ0n) is 9.10. The van der Waals surface area contributed by atoms with E-state index in [2.05, 4.69) is 17.6 Å². The average Bonchev–Trinajstić information content (AvgIpc) is 2.17. The molecule has 2 amide bonds. The molecule has 4 heteroatoms. The number of nitrogens with one attached hydrogen (secondary N) is 2. The number of nitrogens with two attached hydrogens (primary N) is 1. The summed E-state index contributed by atoms with van der Waals surface area (Å²) in [5.74, 6) is 0.657. The van der Waals surface area contributed by atoms with Crippen LogP contribution in [-0.4, -0.2) is 25.2 Å². The first-order chi connectivity index (χ1) is 6.62. The Kier molecular flexibility index (Phi) is 3.75. The van der Waals surface area contributed by atoms with Gasteiger partial charge in [0.15, 0.2) is 0 Å². The minimum Gasteiger partial charge on any atom is -0.341 e. The van der Waals surface area contributed by atoms with Crippen LogP contribution in [0.25, 0.3) is 0 Å². The molecule has 0 aromatic heterocycles. The van der Waals surface area contributed by atoms with E-state index >= 15 is 0 Å². The predicted molar refractivity (Wildman–Crippen MR) is 57.0 cm³/mol. The summed E-state index contributed by atoms with van der Waals surface area (Å²) in [5.41, 5.74) is 5.59. The van der Waals surface area contributed by atoms with Crippen molar-refractivity contribution in [1.29, 1.82) is 0 Å². The van der Waals surface area contributed by atoms with Gasteiger partial charge in [-0.25, -0.2) is 4.79 Å². The minimum absolute atomic E-state index is 0.121. The normalized spacial score (nSPS) is 32.4. The lowest BCUT2D eigenvalue weighted by Crippen LogP contribution is -2.57. The molecule has 2 unspecified atom stereocenters. The van der Waals surface area contributed by atoms with Gasteiger partial charge >= 0.3 is 6.03 Å². The van der Waals surface area contributed by atoms with Crippen LogP contribution < -0.4 is 16.4 Å². The van der Waals surface area contributed by atoms with Gasteiger partial charge in [-0.3, -0.25) is 0 Å². The molecule has 0 spiro atoms. The van der Waals surface area contributed by atoms with E-state index in [0.29, 0.717) is 12.5 Å². The third-order valence-corrected chi connectivity index (χ3v) is 3.09. The Hall–Kier alpha value is -0.770. The summed E-state index contributed by atoms with van der Waals surface area (Å²) in [6.07, 6.45) is 4.40. The maximum atomic E-state index is 11.3. The van der Waals surface area contributed by atoms with Gasteiger partial charge in [-0.1, -0.05) is 19.8 Å². The van der Waals surface area contributed by atoms with Crippen LogP contribution >= 0.6 is 0 Å². The first-order valence-electron chi connectivity index (χ1n) is 5.32. The van der Waals surface area contributed by atoms with Crippen molar-refractivity contribution in [3.63, 3.8) is 0 Å². The molecular weight excluding hydrogens is 178 g/mol. The molecule has 1 rings (SSSR count). The van der Waals surface area contributed by atoms with Crippen molar-refractivity contribution >= 4 is 6.03 Å². The monoisotopic (exact) mass is 199 g/mol. The van der Waals surface area contributed by atoms with Gasteiger partial charge in [-0.05, 0) is 18.8 Å². The molecule has 1 saturated carbocycles. The average molecular weight is 199 g/mol. The van der Waals surface area contributed by atoms with Crippen LogP contribution in [0.15, 0.2) is 0 Å². The number of carbonyl (C=O) groups is 1. The Labute approximate surface area is 85.6 Å². The maximum Gasteiger partial charge on any atom is 0.315 e. The summed E-state index contributed by atoms with van der Waals surface area (Å²) in [6.45, 7) is 2.75. The number of carbonyl (C=O) groups excluding carboxylic acids is 1. The van der Waals surface area contributed by atoms with Gasteiger partial charge in [0.2, 0.25) is 0 Å². The highest BCUT2D eigenvalue weighted by molar-refractivity contribution is 5.74. The highest BCUT2D eigenvalue weighted by Gasteiger charge is 2.34. The van der Waals surface area contributed by atoms with Gasteiger partial charge in [-0.2, -0.15) is 0 Å². The van der Waals surface area contributed by atoms with Crippen molar-refractivity contribution in [2.45, 2.75) is 38.1 Å². The van der Waals surface area contributed by atoms with Crippen LogP contribution in [0.4, 0.5) is 4.79 Å². The summed E-state index contributed by atoms with van der Waals surface area (Å²) in [5, 5.41) is 5.57. The Morgan fingerprint density at radius 1 is 1.64 bits per heavy atom. The van der Waals surface area contributed by atoms with Crippen molar-refractivity contribution in [2.75, 3.05) is 13.6 Å². The van der Waals surface area contributed by atoms with Gasteiger partial charge in [-0.15, -0.1) is 0 Å². The predicted octanol–water partition coefficient (Wildman–Crippen LogP) is 0.823. The van der Waals surface area contributed by atoms with Gasteiger partial charge in [0.05, 0.1) is 5.54 Å². The van der Waals surface area contributed by atoms with E-state index in [1.807, 2.05) is 0 Å². The lowest BCUT2D eigenvalue weighted by molar-refractivity contribution is 0.185. The molecule has 2 atom stereocenters. The second kappa shape index (κ2) is 4.64. The fourth-order valence-electron chi connectivity index (χ4n) is 2.31. The molecule has 0 aromatic carbocycles. The summed E-state index contributed by atoms with van der Waals surface area (Å²) in [7, 11) is 1.63. The third kappa shape index (κ3) is 2.61. The lowest BCUT2D eigenvalue weighted by atomic mass is 9.76. The molecule has 0 bridgehead atoms. The fourth-order valence-corrected chi connectivity index (χ4v) is 2.31. The summed E-state index contributed by atoms with van der Waals surface area (Å²) < 4.78 is 0. The Balaban J connectivity index is 2.60. The second-order valence-corrected chi connectivity index (χ2v) is 4.39. The van der Waals surface area contributed by atoms with Crippen LogP contribution in [0.5, 0.6) is 0 Å². The molecule has 1 fully saturated rings. The van der Waals surface area contributed by atoms with Crippen LogP contribution in [0.2, 0.25) is 0 Å². The van der Waals surface area contributed by atoms with E-state index in [-0.39, 0.29) is 11.6 Å². The zero-order valence-corrected chi connectivity index (χ0v) is 9.10. The summed E-state index contributed by atoms with van der Waals surface area (Å²) in [4.78, 5) is 11.3. The van der Waals surface area contributed by atoms with Crippen LogP contribution in [0.1, 0.15) is 32.6 Å². The van der Waals surface area contributed by atoms with E-state index in [9.17, 15) is 4.79 Å². The molecule has 4 nitrogen and oxygen atoms in total. The molecule has 82 valence electrons. The molecule has 1 aliphatic rings. The molecule has 0 aliphatic heterocycles. The summed E-state index contributed by atoms with van der Waals surface area (Å²) >= 11 is 0. The highest BCUT2D eigenvalue weighted by atomic mass is 16.2. The smallest absolute Gasteiger partial charge is 0.315 e. The molecular formula is C10H21N3O. The second-order valence-electron chi connectivity index (χ2n) is 4.39. The zero-order chi connectivity index (χ0) is 10.6. The third-order valence-electron chi connectivity index (χ3n) is 3.09. The fraction of sp³-hybridized carbons (Fsp3) is 0.900. The number of urea groups is 1. The topological polar surface area (TPSA) is 67.2 Å². The number of hydrogen-bond acceptors (Lipinski definition) is 2. The van der Waals surface area contributed by atoms with Crippen molar-refractivity contribution in [1.82, 2.24) is 10.6 Å². The van der Waals surface area contributed by atoms with Gasteiger partial charge < -0.3 is 16.4 Å². The van der Waals surface area contributed by atoms with Crippen molar-refractivity contribution in [3.8, 4) is 0 Å². The van der Waals surface area contributed by atoms with E-state index in [1.165, 1.54) is 6.42 Å². The summed E-state index contributed by atoms with van der Waals surface area (Å²) in [6, 6.07) is -0.121. The molecule has 0 saturated heterocycles. The van der Waals surface area contributed by atoms with Gasteiger partial charge in [0.1, 0.15) is 0 Å². The Morgan fingerprint density at radius 2 is 2.36 bits per heavy atom. The molecule has 4 N–H and O–H groups in total. The number of rotatable bonds is 2. The molecule has 0 aromatic rings. The quantitative estimate of drug-likeness (QED) is 0.616. The Morgan fingerprint density at radius 3 is 2.86 bits per heavy atom. The SMILES string of the molecule is CNC(=O)NC1(CN)CCCC(C)C1. The number of hydrogen-bond donors (Lipinski definition) is 3. The molecule has 0 heterocycles. The first-order valence-corrected chi connectivity index (χ1v) is 5.32. The largest absolute Gasteiger partial charge is 0.341 e. The van der Waals surface area contributed by atoms with Crippen molar-refractivity contribution < 1.29 is 4.79 Å². The Bertz CT molecular complexity index is 208. The molecule has 14 heavy (non-hydrogen) atoms. The molecule has 0 radical (unpaired) electrons. The standard InChI is InChI=1S/C10H21N3O/c1-8-4-3-5-10(6-8,7-11)13-9(14)12-2/h8H,3-7,11H2,1-2H3,(H2,12,13,14). The first kappa shape index (κ1) is 11.3. The lowest BCUT2D eigenvalue weighted by Gasteiger charge is -2.39.